The Bertz CT molecular complexity index is 924. The van der Waals surface area contributed by atoms with Crippen LogP contribution >= 0.6 is 0 Å². The van der Waals surface area contributed by atoms with Crippen molar-refractivity contribution in [3.05, 3.63) is 65.6 Å². The number of fused-ring (bicyclic) bond motifs is 1. The van der Waals surface area contributed by atoms with Gasteiger partial charge in [-0.25, -0.2) is 4.39 Å². The van der Waals surface area contributed by atoms with Gasteiger partial charge in [0.05, 0.1) is 0 Å². The quantitative estimate of drug-likeness (QED) is 0.742. The Kier molecular flexibility index (Phi) is 3.92. The number of hydrogen-bond donors (Lipinski definition) is 1. The molecule has 2 N–H and O–H groups in total. The molecule has 3 aromatic rings. The van der Waals surface area contributed by atoms with E-state index in [1.165, 1.54) is 12.1 Å². The van der Waals surface area contributed by atoms with Crippen molar-refractivity contribution in [3.63, 3.8) is 0 Å². The molecule has 2 heterocycles. The first-order valence-electron chi connectivity index (χ1n) is 8.54. The highest BCUT2D eigenvalue weighted by Gasteiger charge is 2.24. The van der Waals surface area contributed by atoms with Crippen LogP contribution in [-0.4, -0.2) is 28.5 Å². The maximum Gasteiger partial charge on any atom is 0.270 e. The monoisotopic (exact) mass is 337 g/mol. The third-order valence-corrected chi connectivity index (χ3v) is 4.79. The van der Waals surface area contributed by atoms with Gasteiger partial charge in [-0.15, -0.1) is 0 Å². The number of nitrogens with two attached hydrogens (primary N) is 1. The second-order valence-corrected chi connectivity index (χ2v) is 6.56. The van der Waals surface area contributed by atoms with Crippen molar-refractivity contribution in [1.29, 1.82) is 0 Å². The van der Waals surface area contributed by atoms with Crippen LogP contribution in [0.15, 0.2) is 48.5 Å². The average Bonchev–Trinajstić information content (AvgIpc) is 3.24. The van der Waals surface area contributed by atoms with Gasteiger partial charge in [-0.3, -0.25) is 4.79 Å². The highest BCUT2D eigenvalue weighted by Crippen LogP contribution is 2.25. The summed E-state index contributed by atoms with van der Waals surface area (Å²) in [6.45, 7) is 2.13. The fourth-order valence-corrected chi connectivity index (χ4v) is 3.49. The zero-order valence-electron chi connectivity index (χ0n) is 13.9. The van der Waals surface area contributed by atoms with Crippen molar-refractivity contribution >= 4 is 22.5 Å². The molecule has 5 heteroatoms. The molecule has 25 heavy (non-hydrogen) atoms. The molecule has 0 aliphatic carbocycles. The van der Waals surface area contributed by atoms with Gasteiger partial charge in [0.1, 0.15) is 11.5 Å². The number of anilines is 1. The average molecular weight is 337 g/mol. The Morgan fingerprint density at radius 3 is 2.48 bits per heavy atom. The maximum atomic E-state index is 13.2. The summed E-state index contributed by atoms with van der Waals surface area (Å²) >= 11 is 0. The van der Waals surface area contributed by atoms with Crippen molar-refractivity contribution in [2.75, 3.05) is 18.8 Å². The van der Waals surface area contributed by atoms with Crippen molar-refractivity contribution in [1.82, 2.24) is 9.47 Å². The van der Waals surface area contributed by atoms with E-state index in [9.17, 15) is 9.18 Å². The highest BCUT2D eigenvalue weighted by molar-refractivity contribution is 5.99. The van der Waals surface area contributed by atoms with Crippen LogP contribution in [0.3, 0.4) is 0 Å². The fraction of sp³-hybridized carbons (Fsp3) is 0.250. The predicted molar refractivity (Wildman–Crippen MR) is 97.0 cm³/mol. The summed E-state index contributed by atoms with van der Waals surface area (Å²) in [5.41, 5.74) is 9.15. The van der Waals surface area contributed by atoms with Crippen LogP contribution in [0.25, 0.3) is 10.9 Å². The number of rotatable bonds is 3. The van der Waals surface area contributed by atoms with Gasteiger partial charge in [-0.05, 0) is 54.8 Å². The van der Waals surface area contributed by atoms with Gasteiger partial charge in [-0.2, -0.15) is 0 Å². The molecule has 1 aliphatic rings. The van der Waals surface area contributed by atoms with Gasteiger partial charge in [0.25, 0.3) is 5.91 Å². The summed E-state index contributed by atoms with van der Waals surface area (Å²) in [4.78, 5) is 14.9. The molecule has 1 saturated heterocycles. The number of benzene rings is 2. The molecular formula is C20H20FN3O. The van der Waals surface area contributed by atoms with Crippen molar-refractivity contribution < 1.29 is 9.18 Å². The van der Waals surface area contributed by atoms with Crippen LogP contribution in [-0.2, 0) is 6.54 Å². The van der Waals surface area contributed by atoms with Crippen molar-refractivity contribution in [3.8, 4) is 0 Å². The van der Waals surface area contributed by atoms with Crippen LogP contribution in [0.2, 0.25) is 0 Å². The second-order valence-electron chi connectivity index (χ2n) is 6.56. The number of halogens is 1. The van der Waals surface area contributed by atoms with E-state index in [4.69, 9.17) is 5.73 Å². The van der Waals surface area contributed by atoms with E-state index in [1.54, 1.807) is 12.1 Å². The Morgan fingerprint density at radius 2 is 1.76 bits per heavy atom. The Morgan fingerprint density at radius 1 is 1.04 bits per heavy atom. The lowest BCUT2D eigenvalue weighted by Crippen LogP contribution is -2.29. The molecule has 0 spiro atoms. The van der Waals surface area contributed by atoms with Crippen molar-refractivity contribution in [2.24, 2.45) is 0 Å². The smallest absolute Gasteiger partial charge is 0.270 e. The number of carbonyl (C=O) groups is 1. The topological polar surface area (TPSA) is 51.3 Å². The molecule has 0 unspecified atom stereocenters. The largest absolute Gasteiger partial charge is 0.399 e. The first kappa shape index (κ1) is 15.7. The lowest BCUT2D eigenvalue weighted by molar-refractivity contribution is 0.0783. The number of hydrogen-bond acceptors (Lipinski definition) is 2. The molecule has 4 nitrogen and oxygen atoms in total. The lowest BCUT2D eigenvalue weighted by atomic mass is 10.2. The molecule has 1 amide bonds. The van der Waals surface area contributed by atoms with E-state index < -0.39 is 0 Å². The zero-order chi connectivity index (χ0) is 17.4. The molecule has 1 fully saturated rings. The van der Waals surface area contributed by atoms with Gasteiger partial charge in [0, 0.05) is 36.2 Å². The van der Waals surface area contributed by atoms with Crippen LogP contribution in [0.4, 0.5) is 10.1 Å². The van der Waals surface area contributed by atoms with Crippen molar-refractivity contribution in [2.45, 2.75) is 19.4 Å². The SMILES string of the molecule is Nc1ccc2c(c1)cc(C(=O)N1CCCC1)n2Cc1ccc(F)cc1. The van der Waals surface area contributed by atoms with Gasteiger partial charge in [-0.1, -0.05) is 12.1 Å². The summed E-state index contributed by atoms with van der Waals surface area (Å²) in [5.74, 6) is -0.211. The van der Waals surface area contributed by atoms with Gasteiger partial charge >= 0.3 is 0 Å². The van der Waals surface area contributed by atoms with Gasteiger partial charge < -0.3 is 15.2 Å². The molecule has 1 aromatic heterocycles. The van der Waals surface area contributed by atoms with Gasteiger partial charge in [0.15, 0.2) is 0 Å². The summed E-state index contributed by atoms with van der Waals surface area (Å²) in [5, 5.41) is 0.949. The van der Waals surface area contributed by atoms with E-state index in [-0.39, 0.29) is 11.7 Å². The fourth-order valence-electron chi connectivity index (χ4n) is 3.49. The molecular weight excluding hydrogens is 317 g/mol. The van der Waals surface area contributed by atoms with Gasteiger partial charge in [0.2, 0.25) is 0 Å². The van der Waals surface area contributed by atoms with E-state index in [0.29, 0.717) is 17.9 Å². The second kappa shape index (κ2) is 6.24. The van der Waals surface area contributed by atoms with Crippen LogP contribution < -0.4 is 5.73 Å². The molecule has 0 bridgehead atoms. The molecule has 4 rings (SSSR count). The maximum absolute atomic E-state index is 13.2. The highest BCUT2D eigenvalue weighted by atomic mass is 19.1. The van der Waals surface area contributed by atoms with E-state index in [2.05, 4.69) is 0 Å². The van der Waals surface area contributed by atoms with E-state index in [1.807, 2.05) is 33.7 Å². The Balaban J connectivity index is 1.79. The summed E-state index contributed by atoms with van der Waals surface area (Å²) in [7, 11) is 0. The first-order chi connectivity index (χ1) is 12.1. The van der Waals surface area contributed by atoms with Crippen LogP contribution in [0.1, 0.15) is 28.9 Å². The van der Waals surface area contributed by atoms with E-state index >= 15 is 0 Å². The number of aromatic nitrogens is 1. The number of nitrogens with zero attached hydrogens (tertiary/aromatic N) is 2. The van der Waals surface area contributed by atoms with E-state index in [0.717, 1.165) is 42.4 Å². The first-order valence-corrected chi connectivity index (χ1v) is 8.54. The predicted octanol–water partition coefficient (Wildman–Crippen LogP) is 3.65. The summed E-state index contributed by atoms with van der Waals surface area (Å²) < 4.78 is 15.2. The normalized spacial score (nSPS) is 14.4. The van der Waals surface area contributed by atoms with Crippen LogP contribution in [0.5, 0.6) is 0 Å². The minimum absolute atomic E-state index is 0.0504. The summed E-state index contributed by atoms with van der Waals surface area (Å²) in [6.07, 6.45) is 2.10. The lowest BCUT2D eigenvalue weighted by Gasteiger charge is -2.17. The number of amides is 1. The zero-order valence-corrected chi connectivity index (χ0v) is 13.9. The molecule has 1 aliphatic heterocycles. The summed E-state index contributed by atoms with van der Waals surface area (Å²) in [6, 6.07) is 14.0. The third kappa shape index (κ3) is 2.97. The molecule has 0 atom stereocenters. The molecule has 0 saturated carbocycles. The Hall–Kier alpha value is -2.82. The minimum Gasteiger partial charge on any atom is -0.399 e. The Labute approximate surface area is 145 Å². The van der Waals surface area contributed by atoms with Crippen LogP contribution in [0, 0.1) is 5.82 Å². The number of carbonyl (C=O) groups excluding carboxylic acids is 1. The minimum atomic E-state index is -0.262. The molecule has 128 valence electrons. The molecule has 2 aromatic carbocycles. The standard InChI is InChI=1S/C20H20FN3O/c21-16-5-3-14(4-6-16)13-24-18-8-7-17(22)11-15(18)12-19(24)20(25)23-9-1-2-10-23/h3-8,11-12H,1-2,9-10,13,22H2. The number of nitrogen functional groups attached to an aromatic ring is 1. The number of likely N-dealkylation sites (tertiary alicyclic amines) is 1. The molecule has 0 radical (unpaired) electrons. The third-order valence-electron chi connectivity index (χ3n) is 4.79.